The van der Waals surface area contributed by atoms with Gasteiger partial charge in [0.1, 0.15) is 0 Å². The predicted molar refractivity (Wildman–Crippen MR) is 60.3 cm³/mol. The minimum Gasteiger partial charge on any atom is -0.371 e. The van der Waals surface area contributed by atoms with E-state index in [1.165, 1.54) is 5.84 Å². The van der Waals surface area contributed by atoms with Crippen molar-refractivity contribution < 1.29 is 0 Å². The molecule has 1 atom stereocenters. The molecule has 0 aliphatic rings. The summed E-state index contributed by atoms with van der Waals surface area (Å²) >= 11 is 0. The molecule has 78 valence electrons. The lowest BCUT2D eigenvalue weighted by molar-refractivity contribution is 0.646. The number of nitrogens with one attached hydrogen (secondary N) is 1. The first-order valence-corrected chi connectivity index (χ1v) is 5.42. The lowest BCUT2D eigenvalue weighted by Gasteiger charge is -2.18. The summed E-state index contributed by atoms with van der Waals surface area (Å²) in [7, 11) is 0. The number of hydrogen-bond donors (Lipinski definition) is 1. The van der Waals surface area contributed by atoms with Crippen molar-refractivity contribution in [2.45, 2.75) is 53.5 Å². The summed E-state index contributed by atoms with van der Waals surface area (Å²) in [5.41, 5.74) is 0. The second-order valence-electron chi connectivity index (χ2n) is 3.88. The molecule has 0 spiro atoms. The SMILES string of the molecule is CCCN=C(NC(C)C)C(C)CC. The van der Waals surface area contributed by atoms with Crippen molar-refractivity contribution in [1.29, 1.82) is 0 Å². The first-order chi connectivity index (χ1) is 6.11. The molecule has 0 aliphatic heterocycles. The van der Waals surface area contributed by atoms with Crippen LogP contribution >= 0.6 is 0 Å². The van der Waals surface area contributed by atoms with Gasteiger partial charge in [-0.1, -0.05) is 20.8 Å². The van der Waals surface area contributed by atoms with Crippen LogP contribution in [0, 0.1) is 5.92 Å². The second-order valence-corrected chi connectivity index (χ2v) is 3.88. The van der Waals surface area contributed by atoms with E-state index in [9.17, 15) is 0 Å². The molecule has 0 aliphatic carbocycles. The van der Waals surface area contributed by atoms with Crippen molar-refractivity contribution in [3.63, 3.8) is 0 Å². The van der Waals surface area contributed by atoms with E-state index in [0.29, 0.717) is 12.0 Å². The standard InChI is InChI=1S/C11H24N2/c1-6-8-12-11(10(5)7-2)13-9(3)4/h9-10H,6-8H2,1-5H3,(H,12,13). The Morgan fingerprint density at radius 3 is 2.23 bits per heavy atom. The van der Waals surface area contributed by atoms with Gasteiger partial charge in [0.25, 0.3) is 0 Å². The maximum absolute atomic E-state index is 4.56. The van der Waals surface area contributed by atoms with Gasteiger partial charge < -0.3 is 5.32 Å². The molecule has 0 rings (SSSR count). The van der Waals surface area contributed by atoms with E-state index in [1.807, 2.05) is 0 Å². The summed E-state index contributed by atoms with van der Waals surface area (Å²) in [5, 5.41) is 3.42. The number of aliphatic imine (C=N–C) groups is 1. The Hall–Kier alpha value is -0.530. The monoisotopic (exact) mass is 184 g/mol. The Balaban J connectivity index is 4.17. The molecule has 0 fully saturated rings. The van der Waals surface area contributed by atoms with Crippen LogP contribution in [0.2, 0.25) is 0 Å². The van der Waals surface area contributed by atoms with Crippen LogP contribution in [0.4, 0.5) is 0 Å². The van der Waals surface area contributed by atoms with Crippen LogP contribution in [0.15, 0.2) is 4.99 Å². The van der Waals surface area contributed by atoms with Crippen LogP contribution in [0.5, 0.6) is 0 Å². The second kappa shape index (κ2) is 6.93. The van der Waals surface area contributed by atoms with Gasteiger partial charge in [-0.25, -0.2) is 0 Å². The predicted octanol–water partition coefficient (Wildman–Crippen LogP) is 2.84. The molecular weight excluding hydrogens is 160 g/mol. The topological polar surface area (TPSA) is 24.4 Å². The third-order valence-corrected chi connectivity index (χ3v) is 2.02. The van der Waals surface area contributed by atoms with E-state index in [4.69, 9.17) is 0 Å². The van der Waals surface area contributed by atoms with Gasteiger partial charge in [-0.05, 0) is 26.7 Å². The Kier molecular flexibility index (Phi) is 6.65. The molecule has 0 bridgehead atoms. The lowest BCUT2D eigenvalue weighted by atomic mass is 10.1. The average molecular weight is 184 g/mol. The Bertz CT molecular complexity index is 150. The zero-order valence-electron chi connectivity index (χ0n) is 9.72. The highest BCUT2D eigenvalue weighted by molar-refractivity contribution is 5.84. The number of hydrogen-bond acceptors (Lipinski definition) is 1. The van der Waals surface area contributed by atoms with Gasteiger partial charge in [-0.3, -0.25) is 4.99 Å². The fraction of sp³-hybridized carbons (Fsp3) is 0.909. The van der Waals surface area contributed by atoms with E-state index in [-0.39, 0.29) is 0 Å². The molecule has 1 unspecified atom stereocenters. The third-order valence-electron chi connectivity index (χ3n) is 2.02. The molecule has 0 heterocycles. The number of amidine groups is 1. The molecule has 0 aromatic heterocycles. The zero-order chi connectivity index (χ0) is 10.3. The lowest BCUT2D eigenvalue weighted by Crippen LogP contribution is -2.34. The third kappa shape index (κ3) is 5.67. The molecule has 0 radical (unpaired) electrons. The van der Waals surface area contributed by atoms with Gasteiger partial charge in [0.05, 0.1) is 5.84 Å². The molecule has 0 aromatic carbocycles. The largest absolute Gasteiger partial charge is 0.371 e. The van der Waals surface area contributed by atoms with Crippen molar-refractivity contribution in [2.75, 3.05) is 6.54 Å². The highest BCUT2D eigenvalue weighted by Crippen LogP contribution is 2.03. The molecule has 0 amide bonds. The van der Waals surface area contributed by atoms with Gasteiger partial charge in [-0.15, -0.1) is 0 Å². The van der Waals surface area contributed by atoms with Crippen molar-refractivity contribution in [2.24, 2.45) is 10.9 Å². The summed E-state index contributed by atoms with van der Waals surface area (Å²) in [5.74, 6) is 1.74. The highest BCUT2D eigenvalue weighted by atomic mass is 15.0. The summed E-state index contributed by atoms with van der Waals surface area (Å²) < 4.78 is 0. The van der Waals surface area contributed by atoms with Gasteiger partial charge in [0, 0.05) is 18.5 Å². The van der Waals surface area contributed by atoms with Crippen molar-refractivity contribution in [3.8, 4) is 0 Å². The van der Waals surface area contributed by atoms with Crippen molar-refractivity contribution in [3.05, 3.63) is 0 Å². The van der Waals surface area contributed by atoms with Crippen LogP contribution < -0.4 is 5.32 Å². The van der Waals surface area contributed by atoms with Gasteiger partial charge in [0.2, 0.25) is 0 Å². The summed E-state index contributed by atoms with van der Waals surface area (Å²) in [4.78, 5) is 4.56. The van der Waals surface area contributed by atoms with Gasteiger partial charge in [0.15, 0.2) is 0 Å². The van der Waals surface area contributed by atoms with Crippen LogP contribution in [0.25, 0.3) is 0 Å². The number of nitrogens with zero attached hydrogens (tertiary/aromatic N) is 1. The molecule has 2 nitrogen and oxygen atoms in total. The molecule has 13 heavy (non-hydrogen) atoms. The molecular formula is C11H24N2. The van der Waals surface area contributed by atoms with E-state index in [1.54, 1.807) is 0 Å². The first kappa shape index (κ1) is 12.5. The Morgan fingerprint density at radius 2 is 1.85 bits per heavy atom. The summed E-state index contributed by atoms with van der Waals surface area (Å²) in [6.45, 7) is 11.8. The van der Waals surface area contributed by atoms with Crippen LogP contribution in [0.3, 0.4) is 0 Å². The smallest absolute Gasteiger partial charge is 0.0993 e. The molecule has 0 aromatic rings. The van der Waals surface area contributed by atoms with Gasteiger partial charge >= 0.3 is 0 Å². The van der Waals surface area contributed by atoms with Crippen molar-refractivity contribution >= 4 is 5.84 Å². The van der Waals surface area contributed by atoms with E-state index < -0.39 is 0 Å². The molecule has 2 heteroatoms. The average Bonchev–Trinajstić information content (AvgIpc) is 2.10. The highest BCUT2D eigenvalue weighted by Gasteiger charge is 2.08. The fourth-order valence-corrected chi connectivity index (χ4v) is 1.07. The zero-order valence-corrected chi connectivity index (χ0v) is 9.72. The quantitative estimate of drug-likeness (QED) is 0.515. The van der Waals surface area contributed by atoms with Crippen LogP contribution in [-0.2, 0) is 0 Å². The van der Waals surface area contributed by atoms with E-state index in [0.717, 1.165) is 19.4 Å². The maximum Gasteiger partial charge on any atom is 0.0993 e. The first-order valence-electron chi connectivity index (χ1n) is 5.42. The van der Waals surface area contributed by atoms with Gasteiger partial charge in [-0.2, -0.15) is 0 Å². The molecule has 1 N–H and O–H groups in total. The Morgan fingerprint density at radius 1 is 1.23 bits per heavy atom. The summed E-state index contributed by atoms with van der Waals surface area (Å²) in [6.07, 6.45) is 2.28. The van der Waals surface area contributed by atoms with Crippen molar-refractivity contribution in [1.82, 2.24) is 5.32 Å². The Labute approximate surface area is 82.8 Å². The van der Waals surface area contributed by atoms with Crippen LogP contribution in [0.1, 0.15) is 47.5 Å². The molecule has 0 saturated heterocycles. The minimum atomic E-state index is 0.490. The van der Waals surface area contributed by atoms with E-state index >= 15 is 0 Å². The van der Waals surface area contributed by atoms with E-state index in [2.05, 4.69) is 44.9 Å². The normalized spacial score (nSPS) is 14.8. The maximum atomic E-state index is 4.56. The number of rotatable bonds is 5. The van der Waals surface area contributed by atoms with Crippen LogP contribution in [-0.4, -0.2) is 18.4 Å². The minimum absolute atomic E-state index is 0.490. The fourth-order valence-electron chi connectivity index (χ4n) is 1.07. The molecule has 0 saturated carbocycles. The summed E-state index contributed by atoms with van der Waals surface area (Å²) in [6, 6.07) is 0.490.